The fourth-order valence-electron chi connectivity index (χ4n) is 2.93. The molecule has 0 fully saturated rings. The van der Waals surface area contributed by atoms with Gasteiger partial charge in [-0.25, -0.2) is 0 Å². The first-order valence-electron chi connectivity index (χ1n) is 7.68. The summed E-state index contributed by atoms with van der Waals surface area (Å²) in [4.78, 5) is 16.9. The molecule has 1 unspecified atom stereocenters. The number of rotatable bonds is 4. The molecule has 0 saturated heterocycles. The summed E-state index contributed by atoms with van der Waals surface area (Å²) in [5.74, 6) is 0.745. The molecule has 1 aliphatic rings. The van der Waals surface area contributed by atoms with E-state index in [4.69, 9.17) is 0 Å². The fraction of sp³-hybridized carbons (Fsp3) is 0.588. The molecule has 1 aliphatic heterocycles. The van der Waals surface area contributed by atoms with E-state index in [1.165, 1.54) is 5.56 Å². The minimum absolute atomic E-state index is 0.272. The van der Waals surface area contributed by atoms with Crippen LogP contribution in [0.4, 0.5) is 5.69 Å². The van der Waals surface area contributed by atoms with Crippen LogP contribution in [0.25, 0.3) is 0 Å². The highest BCUT2D eigenvalue weighted by Crippen LogP contribution is 2.26. The average Bonchev–Trinajstić information content (AvgIpc) is 2.57. The summed E-state index contributed by atoms with van der Waals surface area (Å²) in [6, 6.07) is 8.30. The zero-order valence-electron chi connectivity index (χ0n) is 12.9. The van der Waals surface area contributed by atoms with Crippen molar-refractivity contribution in [1.82, 2.24) is 4.90 Å². The number of carbonyl (C=O) groups is 1. The molecule has 1 atom stereocenters. The molecule has 3 nitrogen and oxygen atoms in total. The number of amides is 1. The van der Waals surface area contributed by atoms with Crippen LogP contribution < -0.4 is 4.90 Å². The van der Waals surface area contributed by atoms with E-state index in [2.05, 4.69) is 44.0 Å². The maximum absolute atomic E-state index is 12.6. The lowest BCUT2D eigenvalue weighted by molar-refractivity contribution is -0.119. The molecule has 20 heavy (non-hydrogen) atoms. The first-order valence-corrected chi connectivity index (χ1v) is 7.68. The Morgan fingerprint density at radius 3 is 2.80 bits per heavy atom. The van der Waals surface area contributed by atoms with Crippen LogP contribution in [0.15, 0.2) is 24.3 Å². The quantitative estimate of drug-likeness (QED) is 0.841. The van der Waals surface area contributed by atoms with Crippen LogP contribution in [0, 0.1) is 5.92 Å². The smallest absolute Gasteiger partial charge is 0.227 e. The second kappa shape index (κ2) is 6.89. The number of nitrogens with zero attached hydrogens (tertiary/aromatic N) is 2. The summed E-state index contributed by atoms with van der Waals surface area (Å²) in [7, 11) is 2.12. The Morgan fingerprint density at radius 2 is 2.05 bits per heavy atom. The lowest BCUT2D eigenvalue weighted by Gasteiger charge is -2.24. The van der Waals surface area contributed by atoms with E-state index >= 15 is 0 Å². The van der Waals surface area contributed by atoms with Gasteiger partial charge >= 0.3 is 0 Å². The Bertz CT molecular complexity index is 458. The Hall–Kier alpha value is -1.35. The molecule has 0 aliphatic carbocycles. The van der Waals surface area contributed by atoms with Crippen molar-refractivity contribution in [2.24, 2.45) is 5.92 Å². The highest BCUT2D eigenvalue weighted by atomic mass is 16.2. The molecule has 110 valence electrons. The van der Waals surface area contributed by atoms with Gasteiger partial charge in [-0.05, 0) is 24.6 Å². The van der Waals surface area contributed by atoms with Gasteiger partial charge in [-0.1, -0.05) is 44.9 Å². The normalized spacial score (nSPS) is 17.4. The van der Waals surface area contributed by atoms with Gasteiger partial charge in [0.25, 0.3) is 0 Å². The molecule has 0 bridgehead atoms. The monoisotopic (exact) mass is 274 g/mol. The molecule has 2 rings (SSSR count). The predicted octanol–water partition coefficient (Wildman–Crippen LogP) is 3.29. The predicted molar refractivity (Wildman–Crippen MR) is 83.8 cm³/mol. The van der Waals surface area contributed by atoms with Gasteiger partial charge in [0.1, 0.15) is 0 Å². The van der Waals surface area contributed by atoms with Gasteiger partial charge in [-0.2, -0.15) is 0 Å². The Labute approximate surface area is 122 Å². The Balaban J connectivity index is 2.16. The van der Waals surface area contributed by atoms with Crippen LogP contribution in [0.3, 0.4) is 0 Å². The van der Waals surface area contributed by atoms with Crippen LogP contribution in [0.1, 0.15) is 38.7 Å². The summed E-state index contributed by atoms with van der Waals surface area (Å²) in [6.07, 6.45) is 2.93. The van der Waals surface area contributed by atoms with Crippen molar-refractivity contribution in [2.75, 3.05) is 25.0 Å². The average molecular weight is 274 g/mol. The van der Waals surface area contributed by atoms with Gasteiger partial charge in [0.2, 0.25) is 5.91 Å². The molecule has 1 aromatic rings. The number of carbonyl (C=O) groups excluding carboxylic acids is 1. The number of benzene rings is 1. The molecule has 0 saturated carbocycles. The van der Waals surface area contributed by atoms with Crippen molar-refractivity contribution < 1.29 is 4.79 Å². The zero-order chi connectivity index (χ0) is 14.5. The second-order valence-corrected chi connectivity index (χ2v) is 6.01. The molecular formula is C17H26N2O. The minimum atomic E-state index is 0.272. The fourth-order valence-corrected chi connectivity index (χ4v) is 2.93. The summed E-state index contributed by atoms with van der Waals surface area (Å²) < 4.78 is 0. The van der Waals surface area contributed by atoms with Gasteiger partial charge < -0.3 is 9.80 Å². The van der Waals surface area contributed by atoms with E-state index in [1.54, 1.807) is 0 Å². The molecule has 0 spiro atoms. The third kappa shape index (κ3) is 3.60. The first-order chi connectivity index (χ1) is 9.61. The molecule has 1 amide bonds. The third-order valence-corrected chi connectivity index (χ3v) is 4.03. The third-order valence-electron chi connectivity index (χ3n) is 4.03. The lowest BCUT2D eigenvalue weighted by atomic mass is 10.0. The molecule has 1 aromatic carbocycles. The Kier molecular flexibility index (Phi) is 5.18. The van der Waals surface area contributed by atoms with Crippen LogP contribution in [-0.4, -0.2) is 30.9 Å². The van der Waals surface area contributed by atoms with Gasteiger partial charge in [0.15, 0.2) is 0 Å². The minimum Gasteiger partial charge on any atom is -0.311 e. The number of fused-ring (bicyclic) bond motifs is 1. The van der Waals surface area contributed by atoms with E-state index in [-0.39, 0.29) is 5.91 Å². The van der Waals surface area contributed by atoms with E-state index < -0.39 is 0 Å². The molecule has 3 heteroatoms. The highest BCUT2D eigenvalue weighted by molar-refractivity contribution is 5.94. The molecular weight excluding hydrogens is 248 g/mol. The van der Waals surface area contributed by atoms with Crippen molar-refractivity contribution in [1.29, 1.82) is 0 Å². The first kappa shape index (κ1) is 15.0. The van der Waals surface area contributed by atoms with Crippen LogP contribution in [0.2, 0.25) is 0 Å². The molecule has 0 N–H and O–H groups in total. The van der Waals surface area contributed by atoms with Gasteiger partial charge in [0.05, 0.1) is 0 Å². The van der Waals surface area contributed by atoms with Crippen molar-refractivity contribution in [3.8, 4) is 0 Å². The maximum Gasteiger partial charge on any atom is 0.227 e. The van der Waals surface area contributed by atoms with Crippen LogP contribution >= 0.6 is 0 Å². The summed E-state index contributed by atoms with van der Waals surface area (Å²) in [6.45, 7) is 7.01. The van der Waals surface area contributed by atoms with E-state index in [9.17, 15) is 4.79 Å². The highest BCUT2D eigenvalue weighted by Gasteiger charge is 2.23. The van der Waals surface area contributed by atoms with E-state index in [0.717, 1.165) is 38.2 Å². The van der Waals surface area contributed by atoms with Crippen LogP contribution in [0.5, 0.6) is 0 Å². The van der Waals surface area contributed by atoms with Gasteiger partial charge in [0, 0.05) is 31.7 Å². The summed E-state index contributed by atoms with van der Waals surface area (Å²) >= 11 is 0. The second-order valence-electron chi connectivity index (χ2n) is 6.01. The summed E-state index contributed by atoms with van der Waals surface area (Å²) in [5.41, 5.74) is 2.36. The van der Waals surface area contributed by atoms with Crippen molar-refractivity contribution in [3.63, 3.8) is 0 Å². The van der Waals surface area contributed by atoms with Crippen molar-refractivity contribution in [2.45, 2.75) is 39.7 Å². The van der Waals surface area contributed by atoms with E-state index in [1.807, 2.05) is 11.0 Å². The maximum atomic E-state index is 12.6. The number of para-hydroxylation sites is 1. The molecule has 0 radical (unpaired) electrons. The topological polar surface area (TPSA) is 23.6 Å². The zero-order valence-corrected chi connectivity index (χ0v) is 12.9. The van der Waals surface area contributed by atoms with Crippen molar-refractivity contribution in [3.05, 3.63) is 29.8 Å². The molecule has 1 heterocycles. The number of hydrogen-bond acceptors (Lipinski definition) is 2. The van der Waals surface area contributed by atoms with Gasteiger partial charge in [-0.15, -0.1) is 0 Å². The number of anilines is 1. The SMILES string of the molecule is CCCC(C)CC(=O)N1CCN(C)Cc2ccccc21. The number of hydrogen-bond donors (Lipinski definition) is 0. The lowest BCUT2D eigenvalue weighted by Crippen LogP contribution is -2.35. The number of likely N-dealkylation sites (N-methyl/N-ethyl adjacent to an activating group) is 1. The van der Waals surface area contributed by atoms with Crippen LogP contribution in [-0.2, 0) is 11.3 Å². The van der Waals surface area contributed by atoms with Crippen molar-refractivity contribution >= 4 is 11.6 Å². The van der Waals surface area contributed by atoms with E-state index in [0.29, 0.717) is 12.3 Å². The molecule has 0 aromatic heterocycles. The summed E-state index contributed by atoms with van der Waals surface area (Å²) in [5, 5.41) is 0. The standard InChI is InChI=1S/C17H26N2O/c1-4-7-14(2)12-17(20)19-11-10-18(3)13-15-8-5-6-9-16(15)19/h5-6,8-9,14H,4,7,10-13H2,1-3H3. The van der Waals surface area contributed by atoms with Gasteiger partial charge in [-0.3, -0.25) is 4.79 Å². The largest absolute Gasteiger partial charge is 0.311 e. The Morgan fingerprint density at radius 1 is 1.30 bits per heavy atom.